The third-order valence-electron chi connectivity index (χ3n) is 4.22. The van der Waals surface area contributed by atoms with Crippen LogP contribution < -0.4 is 14.8 Å². The molecule has 0 bridgehead atoms. The Bertz CT molecular complexity index is 1090. The highest BCUT2D eigenvalue weighted by molar-refractivity contribution is 5.93. The summed E-state index contributed by atoms with van der Waals surface area (Å²) in [4.78, 5) is 12.4. The Morgan fingerprint density at radius 2 is 1.43 bits per heavy atom. The van der Waals surface area contributed by atoms with Crippen molar-refractivity contribution in [1.82, 2.24) is 0 Å². The van der Waals surface area contributed by atoms with Crippen molar-refractivity contribution < 1.29 is 14.3 Å². The van der Waals surface area contributed by atoms with Gasteiger partial charge in [-0.25, -0.2) is 0 Å². The van der Waals surface area contributed by atoms with E-state index in [2.05, 4.69) is 5.32 Å². The summed E-state index contributed by atoms with van der Waals surface area (Å²) in [6, 6.07) is 30.5. The maximum absolute atomic E-state index is 12.4. The predicted molar refractivity (Wildman–Crippen MR) is 111 cm³/mol. The second-order valence-electron chi connectivity index (χ2n) is 6.26. The quantitative estimate of drug-likeness (QED) is 0.478. The molecule has 1 N–H and O–H groups in total. The van der Waals surface area contributed by atoms with E-state index < -0.39 is 0 Å². The van der Waals surface area contributed by atoms with Crippen LogP contribution in [0.4, 0.5) is 5.69 Å². The average Bonchev–Trinajstić information content (AvgIpc) is 2.74. The normalized spacial score (nSPS) is 10.4. The molecule has 0 saturated carbocycles. The number of ether oxygens (including phenoxy) is 2. The molecule has 0 aliphatic rings. The van der Waals surface area contributed by atoms with Crippen molar-refractivity contribution in [2.75, 3.05) is 11.9 Å². The highest BCUT2D eigenvalue weighted by Gasteiger charge is 2.09. The molecule has 0 saturated heterocycles. The van der Waals surface area contributed by atoms with Gasteiger partial charge in [-0.1, -0.05) is 60.7 Å². The lowest BCUT2D eigenvalue weighted by Crippen LogP contribution is -2.20. The Morgan fingerprint density at radius 1 is 0.714 bits per heavy atom. The minimum atomic E-state index is -0.253. The van der Waals surface area contributed by atoms with E-state index in [1.54, 1.807) is 6.07 Å². The van der Waals surface area contributed by atoms with Crippen molar-refractivity contribution >= 4 is 22.4 Å². The first-order valence-corrected chi connectivity index (χ1v) is 9.01. The molecule has 0 radical (unpaired) electrons. The van der Waals surface area contributed by atoms with Crippen LogP contribution in [-0.2, 0) is 4.79 Å². The molecule has 0 spiro atoms. The highest BCUT2D eigenvalue weighted by atomic mass is 16.5. The summed E-state index contributed by atoms with van der Waals surface area (Å²) in [6.07, 6.45) is 0. The van der Waals surface area contributed by atoms with Crippen LogP contribution in [0.2, 0.25) is 0 Å². The van der Waals surface area contributed by atoms with Crippen molar-refractivity contribution in [3.8, 4) is 17.2 Å². The minimum Gasteiger partial charge on any atom is -0.484 e. The molecule has 0 aliphatic heterocycles. The van der Waals surface area contributed by atoms with E-state index in [1.165, 1.54) is 0 Å². The molecule has 0 aliphatic carbocycles. The first-order valence-electron chi connectivity index (χ1n) is 9.01. The predicted octanol–water partition coefficient (Wildman–Crippen LogP) is 5.65. The van der Waals surface area contributed by atoms with E-state index in [0.717, 1.165) is 10.8 Å². The van der Waals surface area contributed by atoms with Crippen LogP contribution in [0.25, 0.3) is 10.8 Å². The van der Waals surface area contributed by atoms with Gasteiger partial charge in [0.15, 0.2) is 12.4 Å². The van der Waals surface area contributed by atoms with E-state index in [9.17, 15) is 4.79 Å². The van der Waals surface area contributed by atoms with Crippen molar-refractivity contribution in [2.45, 2.75) is 0 Å². The van der Waals surface area contributed by atoms with E-state index >= 15 is 0 Å². The molecule has 0 heterocycles. The maximum Gasteiger partial charge on any atom is 0.262 e. The van der Waals surface area contributed by atoms with E-state index in [1.807, 2.05) is 91.0 Å². The second-order valence-corrected chi connectivity index (χ2v) is 6.26. The van der Waals surface area contributed by atoms with Crippen LogP contribution in [0, 0.1) is 0 Å². The third kappa shape index (κ3) is 4.30. The summed E-state index contributed by atoms with van der Waals surface area (Å²) in [7, 11) is 0. The molecule has 4 rings (SSSR count). The molecule has 4 heteroatoms. The summed E-state index contributed by atoms with van der Waals surface area (Å²) in [5.41, 5.74) is 0.596. The lowest BCUT2D eigenvalue weighted by atomic mass is 10.1. The summed E-state index contributed by atoms with van der Waals surface area (Å²) in [6.45, 7) is -0.0853. The summed E-state index contributed by atoms with van der Waals surface area (Å²) in [5, 5.41) is 5.05. The SMILES string of the molecule is O=C(COc1ccc2ccccc2c1)Nc1ccccc1Oc1ccccc1. The van der Waals surface area contributed by atoms with Gasteiger partial charge in [-0.15, -0.1) is 0 Å². The fourth-order valence-corrected chi connectivity index (χ4v) is 2.87. The lowest BCUT2D eigenvalue weighted by molar-refractivity contribution is -0.118. The molecule has 4 nitrogen and oxygen atoms in total. The van der Waals surface area contributed by atoms with Gasteiger partial charge in [-0.3, -0.25) is 4.79 Å². The number of para-hydroxylation sites is 3. The van der Waals surface area contributed by atoms with Gasteiger partial charge in [0.05, 0.1) is 5.69 Å². The number of hydrogen-bond acceptors (Lipinski definition) is 3. The van der Waals surface area contributed by atoms with Gasteiger partial charge in [0, 0.05) is 0 Å². The fourth-order valence-electron chi connectivity index (χ4n) is 2.87. The van der Waals surface area contributed by atoms with Gasteiger partial charge in [0.25, 0.3) is 5.91 Å². The molecule has 28 heavy (non-hydrogen) atoms. The van der Waals surface area contributed by atoms with Crippen LogP contribution in [0.3, 0.4) is 0 Å². The molecule has 4 aromatic rings. The fraction of sp³-hybridized carbons (Fsp3) is 0.0417. The Balaban J connectivity index is 1.41. The highest BCUT2D eigenvalue weighted by Crippen LogP contribution is 2.29. The Morgan fingerprint density at radius 3 is 2.29 bits per heavy atom. The van der Waals surface area contributed by atoms with Gasteiger partial charge in [0.1, 0.15) is 11.5 Å². The van der Waals surface area contributed by atoms with Crippen LogP contribution in [0.1, 0.15) is 0 Å². The number of carbonyl (C=O) groups excluding carboxylic acids is 1. The third-order valence-corrected chi connectivity index (χ3v) is 4.22. The molecular weight excluding hydrogens is 350 g/mol. The number of fused-ring (bicyclic) bond motifs is 1. The summed E-state index contributed by atoms with van der Waals surface area (Å²) in [5.74, 6) is 1.68. The van der Waals surface area contributed by atoms with Crippen molar-refractivity contribution in [3.63, 3.8) is 0 Å². The number of rotatable bonds is 6. The first kappa shape index (κ1) is 17.6. The molecule has 138 valence electrons. The molecule has 1 amide bonds. The van der Waals surface area contributed by atoms with Crippen LogP contribution in [-0.4, -0.2) is 12.5 Å². The zero-order valence-corrected chi connectivity index (χ0v) is 15.2. The van der Waals surface area contributed by atoms with Gasteiger partial charge in [0.2, 0.25) is 0 Å². The topological polar surface area (TPSA) is 47.6 Å². The number of benzene rings is 4. The Kier molecular flexibility index (Phi) is 5.20. The number of carbonyl (C=O) groups is 1. The van der Waals surface area contributed by atoms with Gasteiger partial charge < -0.3 is 14.8 Å². The Hall–Kier alpha value is -3.79. The summed E-state index contributed by atoms with van der Waals surface area (Å²) < 4.78 is 11.5. The zero-order chi connectivity index (χ0) is 19.2. The van der Waals surface area contributed by atoms with Crippen molar-refractivity contribution in [1.29, 1.82) is 0 Å². The van der Waals surface area contributed by atoms with Crippen molar-refractivity contribution in [3.05, 3.63) is 97.1 Å². The molecule has 0 fully saturated rings. The van der Waals surface area contributed by atoms with Crippen LogP contribution in [0.5, 0.6) is 17.2 Å². The largest absolute Gasteiger partial charge is 0.484 e. The van der Waals surface area contributed by atoms with Gasteiger partial charge >= 0.3 is 0 Å². The van der Waals surface area contributed by atoms with E-state index in [0.29, 0.717) is 22.9 Å². The standard InChI is InChI=1S/C24H19NO3/c26-24(17-27-21-15-14-18-8-4-5-9-19(18)16-21)25-22-12-6-7-13-23(22)28-20-10-2-1-3-11-20/h1-16H,17H2,(H,25,26). The first-order chi connectivity index (χ1) is 13.8. The van der Waals surface area contributed by atoms with Crippen LogP contribution >= 0.6 is 0 Å². The summed E-state index contributed by atoms with van der Waals surface area (Å²) >= 11 is 0. The smallest absolute Gasteiger partial charge is 0.262 e. The number of nitrogens with one attached hydrogen (secondary N) is 1. The van der Waals surface area contributed by atoms with Crippen LogP contribution in [0.15, 0.2) is 97.1 Å². The molecule has 0 atom stereocenters. The number of amides is 1. The monoisotopic (exact) mass is 369 g/mol. The second kappa shape index (κ2) is 8.27. The molecule has 0 unspecified atom stereocenters. The van der Waals surface area contributed by atoms with E-state index in [4.69, 9.17) is 9.47 Å². The maximum atomic E-state index is 12.4. The lowest BCUT2D eigenvalue weighted by Gasteiger charge is -2.13. The zero-order valence-electron chi connectivity index (χ0n) is 15.2. The molecule has 4 aromatic carbocycles. The molecule has 0 aromatic heterocycles. The molecular formula is C24H19NO3. The van der Waals surface area contributed by atoms with Gasteiger partial charge in [-0.2, -0.15) is 0 Å². The van der Waals surface area contributed by atoms with Crippen molar-refractivity contribution in [2.24, 2.45) is 0 Å². The number of anilines is 1. The Labute approximate surface area is 163 Å². The number of hydrogen-bond donors (Lipinski definition) is 1. The average molecular weight is 369 g/mol. The van der Waals surface area contributed by atoms with Gasteiger partial charge in [-0.05, 0) is 47.2 Å². The van der Waals surface area contributed by atoms with E-state index in [-0.39, 0.29) is 12.5 Å². The minimum absolute atomic E-state index is 0.0853.